The van der Waals surface area contributed by atoms with Crippen molar-refractivity contribution in [3.63, 3.8) is 0 Å². The van der Waals surface area contributed by atoms with Crippen LogP contribution in [0.25, 0.3) is 26.2 Å². The first-order chi connectivity index (χ1) is 12.8. The largest absolute Gasteiger partial charge is 0.289 e. The summed E-state index contributed by atoms with van der Waals surface area (Å²) >= 11 is 3.42. The van der Waals surface area contributed by atoms with Gasteiger partial charge in [0.25, 0.3) is 0 Å². The summed E-state index contributed by atoms with van der Waals surface area (Å²) in [5.74, 6) is 0. The molecule has 0 fully saturated rings. The summed E-state index contributed by atoms with van der Waals surface area (Å²) in [4.78, 5) is 15.4. The maximum Gasteiger partial charge on any atom is 0.195 e. The summed E-state index contributed by atoms with van der Waals surface area (Å²) in [5.41, 5.74) is 1.20. The predicted octanol–water partition coefficient (Wildman–Crippen LogP) is 6.99. The molecule has 3 heteroatoms. The first kappa shape index (κ1) is 17.1. The van der Waals surface area contributed by atoms with E-state index < -0.39 is 0 Å². The van der Waals surface area contributed by atoms with Crippen LogP contribution in [-0.4, -0.2) is 0 Å². The number of hydrogen-bond acceptors (Lipinski definition) is 3. The van der Waals surface area contributed by atoms with E-state index in [1.54, 1.807) is 23.1 Å². The fraction of sp³-hybridized carbons (Fsp3) is 0.0870. The highest BCUT2D eigenvalue weighted by Crippen LogP contribution is 2.37. The lowest BCUT2D eigenvalue weighted by Gasteiger charge is -2.09. The zero-order chi connectivity index (χ0) is 17.9. The molecular formula is C23H18OS2. The Morgan fingerprint density at radius 3 is 2.54 bits per heavy atom. The van der Waals surface area contributed by atoms with Crippen LogP contribution in [0.1, 0.15) is 18.9 Å². The number of hydrogen-bond donors (Lipinski definition) is 0. The van der Waals surface area contributed by atoms with Crippen LogP contribution in [0.4, 0.5) is 0 Å². The third-order valence-corrected chi connectivity index (χ3v) is 6.58. The Labute approximate surface area is 161 Å². The summed E-state index contributed by atoms with van der Waals surface area (Å²) in [7, 11) is 0. The third kappa shape index (κ3) is 3.33. The molecule has 0 bridgehead atoms. The van der Waals surface area contributed by atoms with Gasteiger partial charge in [0.05, 0.1) is 4.70 Å². The molecule has 0 aliphatic rings. The fourth-order valence-corrected chi connectivity index (χ4v) is 5.19. The van der Waals surface area contributed by atoms with Crippen molar-refractivity contribution in [3.05, 3.63) is 88.6 Å². The number of fused-ring (bicyclic) bond motifs is 2. The Bertz CT molecular complexity index is 1160. The van der Waals surface area contributed by atoms with Gasteiger partial charge in [-0.25, -0.2) is 0 Å². The molecule has 1 heterocycles. The Kier molecular flexibility index (Phi) is 4.91. The number of rotatable bonds is 4. The summed E-state index contributed by atoms with van der Waals surface area (Å²) < 4.78 is 2.10. The van der Waals surface area contributed by atoms with Crippen LogP contribution >= 0.6 is 23.1 Å². The SMILES string of the molecule is CCC=Cc1cc(Sc2ccccc2)c2sc3ccccc3c(=O)c2c1. The van der Waals surface area contributed by atoms with Crippen LogP contribution in [0.3, 0.4) is 0 Å². The molecule has 0 spiro atoms. The van der Waals surface area contributed by atoms with Gasteiger partial charge in [0.15, 0.2) is 5.43 Å². The fourth-order valence-electron chi connectivity index (χ4n) is 2.94. The van der Waals surface area contributed by atoms with Crippen molar-refractivity contribution >= 4 is 49.3 Å². The molecule has 0 unspecified atom stereocenters. The Morgan fingerprint density at radius 2 is 1.73 bits per heavy atom. The zero-order valence-corrected chi connectivity index (χ0v) is 16.1. The Hall–Kier alpha value is -2.36. The van der Waals surface area contributed by atoms with Crippen LogP contribution in [0.15, 0.2) is 87.4 Å². The average molecular weight is 375 g/mol. The van der Waals surface area contributed by atoms with Crippen molar-refractivity contribution in [2.24, 2.45) is 0 Å². The molecule has 0 amide bonds. The van der Waals surface area contributed by atoms with E-state index in [1.165, 1.54) is 4.90 Å². The van der Waals surface area contributed by atoms with Gasteiger partial charge in [0.2, 0.25) is 0 Å². The summed E-state index contributed by atoms with van der Waals surface area (Å²) in [6.45, 7) is 2.12. The second-order valence-electron chi connectivity index (χ2n) is 6.05. The van der Waals surface area contributed by atoms with Crippen LogP contribution in [0.5, 0.6) is 0 Å². The van der Waals surface area contributed by atoms with Gasteiger partial charge in [-0.1, -0.05) is 61.2 Å². The van der Waals surface area contributed by atoms with Crippen molar-refractivity contribution in [2.75, 3.05) is 0 Å². The molecule has 0 saturated heterocycles. The molecule has 1 nitrogen and oxygen atoms in total. The van der Waals surface area contributed by atoms with Gasteiger partial charge < -0.3 is 0 Å². The van der Waals surface area contributed by atoms with E-state index in [-0.39, 0.29) is 5.43 Å². The molecule has 1 aromatic heterocycles. The molecule has 128 valence electrons. The van der Waals surface area contributed by atoms with Crippen molar-refractivity contribution in [1.29, 1.82) is 0 Å². The van der Waals surface area contributed by atoms with Gasteiger partial charge in [-0.2, -0.15) is 0 Å². The van der Waals surface area contributed by atoms with E-state index >= 15 is 0 Å². The lowest BCUT2D eigenvalue weighted by molar-refractivity contribution is 1.23. The van der Waals surface area contributed by atoms with Crippen LogP contribution < -0.4 is 5.43 Å². The van der Waals surface area contributed by atoms with E-state index in [0.29, 0.717) is 0 Å². The molecule has 0 atom stereocenters. The van der Waals surface area contributed by atoms with E-state index in [4.69, 9.17) is 0 Å². The molecule has 0 aliphatic carbocycles. The standard InChI is InChI=1S/C23H18OS2/c1-2-3-9-16-14-19-22(24)18-12-7-8-13-20(18)26-23(19)21(15-16)25-17-10-5-4-6-11-17/h3-15H,2H2,1H3. The molecule has 3 aromatic carbocycles. The van der Waals surface area contributed by atoms with Crippen LogP contribution in [0, 0.1) is 0 Å². The zero-order valence-electron chi connectivity index (χ0n) is 14.4. The predicted molar refractivity (Wildman–Crippen MR) is 115 cm³/mol. The highest BCUT2D eigenvalue weighted by atomic mass is 32.2. The van der Waals surface area contributed by atoms with E-state index in [0.717, 1.165) is 37.1 Å². The second-order valence-corrected chi connectivity index (χ2v) is 8.22. The van der Waals surface area contributed by atoms with Crippen LogP contribution in [-0.2, 0) is 0 Å². The monoisotopic (exact) mass is 374 g/mol. The Balaban J connectivity index is 2.00. The molecule has 0 radical (unpaired) electrons. The van der Waals surface area contributed by atoms with Gasteiger partial charge in [-0.05, 0) is 48.4 Å². The molecule has 4 aromatic rings. The van der Waals surface area contributed by atoms with E-state index in [9.17, 15) is 4.79 Å². The maximum absolute atomic E-state index is 13.1. The molecule has 26 heavy (non-hydrogen) atoms. The third-order valence-electron chi connectivity index (χ3n) is 4.18. The minimum absolute atomic E-state index is 0.121. The summed E-state index contributed by atoms with van der Waals surface area (Å²) in [6.07, 6.45) is 5.21. The first-order valence-corrected chi connectivity index (χ1v) is 10.3. The lowest BCUT2D eigenvalue weighted by atomic mass is 10.1. The molecule has 0 N–H and O–H groups in total. The minimum Gasteiger partial charge on any atom is -0.289 e. The van der Waals surface area contributed by atoms with Gasteiger partial charge >= 0.3 is 0 Å². The summed E-state index contributed by atoms with van der Waals surface area (Å²) in [6, 6.07) is 22.4. The quantitative estimate of drug-likeness (QED) is 0.358. The van der Waals surface area contributed by atoms with Crippen molar-refractivity contribution < 1.29 is 0 Å². The lowest BCUT2D eigenvalue weighted by Crippen LogP contribution is -2.01. The highest BCUT2D eigenvalue weighted by molar-refractivity contribution is 7.99. The van der Waals surface area contributed by atoms with Gasteiger partial charge in [-0.3, -0.25) is 4.79 Å². The topological polar surface area (TPSA) is 17.1 Å². The summed E-state index contributed by atoms with van der Waals surface area (Å²) in [5, 5.41) is 1.61. The first-order valence-electron chi connectivity index (χ1n) is 8.65. The molecule has 4 rings (SSSR count). The minimum atomic E-state index is 0.121. The van der Waals surface area contributed by atoms with Crippen molar-refractivity contribution in [3.8, 4) is 0 Å². The van der Waals surface area contributed by atoms with E-state index in [2.05, 4.69) is 37.3 Å². The highest BCUT2D eigenvalue weighted by Gasteiger charge is 2.12. The van der Waals surface area contributed by atoms with Crippen molar-refractivity contribution in [2.45, 2.75) is 23.1 Å². The molecule has 0 saturated carbocycles. The normalized spacial score (nSPS) is 11.6. The number of benzene rings is 3. The van der Waals surface area contributed by atoms with Gasteiger partial charge in [-0.15, -0.1) is 11.3 Å². The van der Waals surface area contributed by atoms with Gasteiger partial charge in [0.1, 0.15) is 0 Å². The molecular weight excluding hydrogens is 356 g/mol. The maximum atomic E-state index is 13.1. The second kappa shape index (κ2) is 7.48. The smallest absolute Gasteiger partial charge is 0.195 e. The molecule has 0 aliphatic heterocycles. The number of allylic oxidation sites excluding steroid dienone is 1. The van der Waals surface area contributed by atoms with Crippen molar-refractivity contribution in [1.82, 2.24) is 0 Å². The Morgan fingerprint density at radius 1 is 0.962 bits per heavy atom. The average Bonchev–Trinajstić information content (AvgIpc) is 2.68. The van der Waals surface area contributed by atoms with Crippen LogP contribution in [0.2, 0.25) is 0 Å². The van der Waals surface area contributed by atoms with E-state index in [1.807, 2.05) is 48.5 Å². The van der Waals surface area contributed by atoms with Gasteiger partial charge in [0, 0.05) is 25.3 Å².